The Bertz CT molecular complexity index is 1440. The Hall–Kier alpha value is -4.40. The lowest BCUT2D eigenvalue weighted by atomic mass is 10.1. The number of hydrogen-bond donors (Lipinski definition) is 1. The van der Waals surface area contributed by atoms with Gasteiger partial charge < -0.3 is 14.8 Å². The number of nitrogens with one attached hydrogen (secondary N) is 1. The summed E-state index contributed by atoms with van der Waals surface area (Å²) in [6, 6.07) is 20.3. The van der Waals surface area contributed by atoms with Gasteiger partial charge in [-0.05, 0) is 61.5 Å². The third-order valence-corrected chi connectivity index (χ3v) is 5.65. The van der Waals surface area contributed by atoms with Crippen LogP contribution in [-0.2, 0) is 6.18 Å². The van der Waals surface area contributed by atoms with E-state index in [1.54, 1.807) is 12.1 Å². The average Bonchev–Trinajstić information content (AvgIpc) is 2.88. The molecule has 0 saturated carbocycles. The zero-order chi connectivity index (χ0) is 25.3. The minimum absolute atomic E-state index is 0.000833. The van der Waals surface area contributed by atoms with Gasteiger partial charge >= 0.3 is 6.18 Å². The summed E-state index contributed by atoms with van der Waals surface area (Å²) >= 11 is 0. The number of hydrogen-bond acceptors (Lipinski definition) is 5. The monoisotopic (exact) mass is 491 g/mol. The van der Waals surface area contributed by atoms with Gasteiger partial charge in [0.05, 0.1) is 22.6 Å². The fourth-order valence-electron chi connectivity index (χ4n) is 3.84. The van der Waals surface area contributed by atoms with Crippen LogP contribution in [0.2, 0.25) is 0 Å². The van der Waals surface area contributed by atoms with Crippen molar-refractivity contribution in [1.82, 2.24) is 9.97 Å². The van der Waals surface area contributed by atoms with Crippen LogP contribution in [0.4, 0.5) is 18.9 Å². The number of anilines is 1. The van der Waals surface area contributed by atoms with Crippen molar-refractivity contribution in [1.29, 1.82) is 0 Å². The van der Waals surface area contributed by atoms with E-state index >= 15 is 0 Å². The average molecular weight is 491 g/mol. The van der Waals surface area contributed by atoms with E-state index in [2.05, 4.69) is 10.3 Å². The number of rotatable bonds is 4. The third kappa shape index (κ3) is 4.86. The van der Waals surface area contributed by atoms with E-state index in [1.807, 2.05) is 48.5 Å². The first-order valence-corrected chi connectivity index (χ1v) is 11.1. The SMILES string of the molecule is Cc1nc(C(F)(F)F)ccc1C(=O)Nc1ccc(-c2cccc(-c3ccc4c(c3)OCCO4)n2)cc1. The molecule has 9 heteroatoms. The summed E-state index contributed by atoms with van der Waals surface area (Å²) in [6.45, 7) is 2.40. The predicted molar refractivity (Wildman–Crippen MR) is 128 cm³/mol. The Morgan fingerprint density at radius 3 is 2.19 bits per heavy atom. The summed E-state index contributed by atoms with van der Waals surface area (Å²) < 4.78 is 49.7. The Labute approximate surface area is 204 Å². The van der Waals surface area contributed by atoms with Crippen molar-refractivity contribution in [2.75, 3.05) is 18.5 Å². The van der Waals surface area contributed by atoms with Crippen molar-refractivity contribution in [3.8, 4) is 34.0 Å². The van der Waals surface area contributed by atoms with Gasteiger partial charge in [0.2, 0.25) is 0 Å². The van der Waals surface area contributed by atoms with Crippen LogP contribution in [0, 0.1) is 6.92 Å². The molecular formula is C27H20F3N3O3. The molecule has 1 aliphatic rings. The molecule has 0 aliphatic carbocycles. The maximum atomic E-state index is 12.8. The molecule has 0 fully saturated rings. The molecule has 1 N–H and O–H groups in total. The highest BCUT2D eigenvalue weighted by Gasteiger charge is 2.33. The Morgan fingerprint density at radius 1 is 0.833 bits per heavy atom. The van der Waals surface area contributed by atoms with Gasteiger partial charge in [0.1, 0.15) is 18.9 Å². The number of pyridine rings is 2. The van der Waals surface area contributed by atoms with E-state index in [0.29, 0.717) is 30.4 Å². The van der Waals surface area contributed by atoms with Crippen LogP contribution in [0.3, 0.4) is 0 Å². The van der Waals surface area contributed by atoms with Gasteiger partial charge in [-0.1, -0.05) is 18.2 Å². The van der Waals surface area contributed by atoms with Crippen molar-refractivity contribution in [3.05, 3.63) is 89.7 Å². The molecule has 0 saturated heterocycles. The molecule has 3 heterocycles. The number of nitrogens with zero attached hydrogens (tertiary/aromatic N) is 2. The summed E-state index contributed by atoms with van der Waals surface area (Å²) in [5.41, 5.74) is 2.76. The normalized spacial score (nSPS) is 12.8. The van der Waals surface area contributed by atoms with Gasteiger partial charge in [0, 0.05) is 16.8 Å². The van der Waals surface area contributed by atoms with Crippen molar-refractivity contribution >= 4 is 11.6 Å². The molecule has 5 rings (SSSR count). The number of alkyl halides is 3. The number of aryl methyl sites for hydroxylation is 1. The number of fused-ring (bicyclic) bond motifs is 1. The fourth-order valence-corrected chi connectivity index (χ4v) is 3.84. The lowest BCUT2D eigenvalue weighted by molar-refractivity contribution is -0.141. The molecular weight excluding hydrogens is 471 g/mol. The number of amides is 1. The fraction of sp³-hybridized carbons (Fsp3) is 0.148. The van der Waals surface area contributed by atoms with Crippen LogP contribution >= 0.6 is 0 Å². The van der Waals surface area contributed by atoms with Gasteiger partial charge in [0.25, 0.3) is 5.91 Å². The highest BCUT2D eigenvalue weighted by molar-refractivity contribution is 6.05. The molecule has 1 aliphatic heterocycles. The van der Waals surface area contributed by atoms with Crippen LogP contribution in [0.5, 0.6) is 11.5 Å². The number of halogens is 3. The largest absolute Gasteiger partial charge is 0.486 e. The van der Waals surface area contributed by atoms with Crippen LogP contribution < -0.4 is 14.8 Å². The summed E-state index contributed by atoms with van der Waals surface area (Å²) in [5.74, 6) is 0.853. The van der Waals surface area contributed by atoms with Crippen LogP contribution in [0.15, 0.2) is 72.8 Å². The van der Waals surface area contributed by atoms with Gasteiger partial charge in [0.15, 0.2) is 11.5 Å². The maximum absolute atomic E-state index is 12.8. The molecule has 36 heavy (non-hydrogen) atoms. The molecule has 0 bridgehead atoms. The number of benzene rings is 2. The highest BCUT2D eigenvalue weighted by atomic mass is 19.4. The lowest BCUT2D eigenvalue weighted by Crippen LogP contribution is -2.16. The Morgan fingerprint density at radius 2 is 1.50 bits per heavy atom. The van der Waals surface area contributed by atoms with Crippen LogP contribution in [-0.4, -0.2) is 29.1 Å². The van der Waals surface area contributed by atoms with Crippen LogP contribution in [0.25, 0.3) is 22.5 Å². The van der Waals surface area contributed by atoms with E-state index in [0.717, 1.165) is 34.6 Å². The van der Waals surface area contributed by atoms with Crippen molar-refractivity contribution in [3.63, 3.8) is 0 Å². The molecule has 6 nitrogen and oxygen atoms in total. The predicted octanol–water partition coefficient (Wildman–Crippen LogP) is 6.16. The molecule has 2 aromatic heterocycles. The van der Waals surface area contributed by atoms with E-state index in [-0.39, 0.29) is 11.3 Å². The quantitative estimate of drug-likeness (QED) is 0.370. The summed E-state index contributed by atoms with van der Waals surface area (Å²) in [7, 11) is 0. The highest BCUT2D eigenvalue weighted by Crippen LogP contribution is 2.34. The van der Waals surface area contributed by atoms with E-state index < -0.39 is 17.8 Å². The van der Waals surface area contributed by atoms with Crippen molar-refractivity contribution < 1.29 is 27.4 Å². The van der Waals surface area contributed by atoms with Gasteiger partial charge in [-0.25, -0.2) is 9.97 Å². The maximum Gasteiger partial charge on any atom is 0.433 e. The Balaban J connectivity index is 1.32. The second kappa shape index (κ2) is 9.33. The van der Waals surface area contributed by atoms with Crippen LogP contribution in [0.1, 0.15) is 21.7 Å². The number of ether oxygens (including phenoxy) is 2. The second-order valence-corrected chi connectivity index (χ2v) is 8.13. The van der Waals surface area contributed by atoms with Crippen molar-refractivity contribution in [2.45, 2.75) is 13.1 Å². The molecule has 0 unspecified atom stereocenters. The van der Waals surface area contributed by atoms with Gasteiger partial charge in [-0.3, -0.25) is 4.79 Å². The zero-order valence-electron chi connectivity index (χ0n) is 19.1. The smallest absolute Gasteiger partial charge is 0.433 e. The number of carbonyl (C=O) groups is 1. The van der Waals surface area contributed by atoms with Gasteiger partial charge in [-0.2, -0.15) is 13.2 Å². The minimum atomic E-state index is -4.57. The first kappa shape index (κ1) is 23.3. The first-order chi connectivity index (χ1) is 17.3. The van der Waals surface area contributed by atoms with E-state index in [4.69, 9.17) is 14.5 Å². The molecule has 0 radical (unpaired) electrons. The minimum Gasteiger partial charge on any atom is -0.486 e. The summed E-state index contributed by atoms with van der Waals surface area (Å²) in [6.07, 6.45) is -4.57. The number of aromatic nitrogens is 2. The Kier molecular flexibility index (Phi) is 6.05. The summed E-state index contributed by atoms with van der Waals surface area (Å²) in [5, 5.41) is 2.70. The molecule has 2 aromatic carbocycles. The molecule has 0 atom stereocenters. The number of carbonyl (C=O) groups excluding carboxylic acids is 1. The third-order valence-electron chi connectivity index (χ3n) is 5.65. The zero-order valence-corrected chi connectivity index (χ0v) is 19.1. The topological polar surface area (TPSA) is 73.3 Å². The molecule has 4 aromatic rings. The lowest BCUT2D eigenvalue weighted by Gasteiger charge is -2.18. The van der Waals surface area contributed by atoms with Crippen molar-refractivity contribution in [2.24, 2.45) is 0 Å². The van der Waals surface area contributed by atoms with E-state index in [1.165, 1.54) is 6.92 Å². The second-order valence-electron chi connectivity index (χ2n) is 8.13. The van der Waals surface area contributed by atoms with Gasteiger partial charge in [-0.15, -0.1) is 0 Å². The molecule has 1 amide bonds. The van der Waals surface area contributed by atoms with E-state index in [9.17, 15) is 18.0 Å². The summed E-state index contributed by atoms with van der Waals surface area (Å²) in [4.78, 5) is 20.9. The first-order valence-electron chi connectivity index (χ1n) is 11.1. The molecule has 0 spiro atoms. The standard InChI is InChI=1S/C27H20F3N3O3/c1-16-20(10-12-25(31-16)27(28,29)30)26(34)32-19-8-5-17(6-9-19)21-3-2-4-22(33-21)18-7-11-23-24(15-18)36-14-13-35-23/h2-12,15H,13-14H2,1H3,(H,32,34). The molecule has 182 valence electrons.